The van der Waals surface area contributed by atoms with Crippen molar-refractivity contribution in [2.24, 2.45) is 0 Å². The van der Waals surface area contributed by atoms with E-state index in [1.54, 1.807) is 12.3 Å². The van der Waals surface area contributed by atoms with Crippen molar-refractivity contribution >= 4 is 11.6 Å². The number of carbonyl (C=O) groups is 1. The number of ether oxygens (including phenoxy) is 2. The van der Waals surface area contributed by atoms with E-state index in [0.29, 0.717) is 5.69 Å². The summed E-state index contributed by atoms with van der Waals surface area (Å²) in [7, 11) is 0. The SMILES string of the molecule is O=C(C[n+]1cccc(O)c1)Nc1ccc2c(c1)OC(F)(F)O2. The van der Waals surface area contributed by atoms with Crippen LogP contribution in [-0.4, -0.2) is 17.3 Å². The van der Waals surface area contributed by atoms with Gasteiger partial charge in [0.05, 0.1) is 0 Å². The highest BCUT2D eigenvalue weighted by Gasteiger charge is 2.43. The van der Waals surface area contributed by atoms with E-state index in [2.05, 4.69) is 14.8 Å². The number of carbonyl (C=O) groups excluding carboxylic acids is 1. The number of pyridine rings is 1. The number of halogens is 2. The fourth-order valence-corrected chi connectivity index (χ4v) is 2.00. The standard InChI is InChI=1S/C14H10F2N2O4/c15-14(16)21-11-4-3-9(6-12(11)22-14)17-13(20)8-18-5-1-2-10(19)7-18/h1-7H,8H2,(H-,17,19,20)/p+1. The molecule has 1 aromatic carbocycles. The van der Waals surface area contributed by atoms with Crippen molar-refractivity contribution in [3.05, 3.63) is 42.7 Å². The third-order valence-corrected chi connectivity index (χ3v) is 2.85. The second kappa shape index (κ2) is 5.14. The van der Waals surface area contributed by atoms with Gasteiger partial charge in [-0.3, -0.25) is 4.79 Å². The molecule has 6 nitrogen and oxygen atoms in total. The zero-order chi connectivity index (χ0) is 15.7. The molecule has 0 saturated carbocycles. The van der Waals surface area contributed by atoms with Gasteiger partial charge in [-0.1, -0.05) is 0 Å². The Labute approximate surface area is 123 Å². The van der Waals surface area contributed by atoms with Crippen molar-refractivity contribution in [1.82, 2.24) is 0 Å². The van der Waals surface area contributed by atoms with Gasteiger partial charge in [0, 0.05) is 17.8 Å². The summed E-state index contributed by atoms with van der Waals surface area (Å²) in [6, 6.07) is 7.03. The lowest BCUT2D eigenvalue weighted by atomic mass is 10.3. The Morgan fingerprint density at radius 2 is 2.05 bits per heavy atom. The first-order chi connectivity index (χ1) is 10.4. The summed E-state index contributed by atoms with van der Waals surface area (Å²) in [6.45, 7) is -0.0427. The molecule has 8 heteroatoms. The van der Waals surface area contributed by atoms with Crippen molar-refractivity contribution in [3.8, 4) is 17.2 Å². The van der Waals surface area contributed by atoms with E-state index in [4.69, 9.17) is 0 Å². The Hall–Kier alpha value is -2.90. The number of amides is 1. The van der Waals surface area contributed by atoms with Gasteiger partial charge >= 0.3 is 6.29 Å². The van der Waals surface area contributed by atoms with Crippen LogP contribution in [-0.2, 0) is 11.3 Å². The van der Waals surface area contributed by atoms with Crippen LogP contribution in [0.3, 0.4) is 0 Å². The van der Waals surface area contributed by atoms with Crippen LogP contribution in [0.15, 0.2) is 42.7 Å². The maximum atomic E-state index is 12.9. The molecule has 22 heavy (non-hydrogen) atoms. The highest BCUT2D eigenvalue weighted by Crippen LogP contribution is 2.42. The monoisotopic (exact) mass is 309 g/mol. The molecule has 0 unspecified atom stereocenters. The molecule has 114 valence electrons. The summed E-state index contributed by atoms with van der Waals surface area (Å²) >= 11 is 0. The number of benzene rings is 1. The van der Waals surface area contributed by atoms with Crippen LogP contribution in [0.4, 0.5) is 14.5 Å². The number of aromatic hydroxyl groups is 1. The average Bonchev–Trinajstić information content (AvgIpc) is 2.71. The largest absolute Gasteiger partial charge is 0.586 e. The van der Waals surface area contributed by atoms with E-state index in [9.17, 15) is 18.7 Å². The Balaban J connectivity index is 1.68. The van der Waals surface area contributed by atoms with Gasteiger partial charge in [0.25, 0.3) is 5.91 Å². The van der Waals surface area contributed by atoms with E-state index in [1.165, 1.54) is 35.0 Å². The number of nitrogens with one attached hydrogen (secondary N) is 1. The number of hydrogen-bond acceptors (Lipinski definition) is 4. The van der Waals surface area contributed by atoms with Gasteiger partial charge in [-0.25, -0.2) is 0 Å². The number of nitrogens with zero attached hydrogens (tertiary/aromatic N) is 1. The minimum absolute atomic E-state index is 0.0283. The van der Waals surface area contributed by atoms with Gasteiger partial charge in [-0.05, 0) is 18.2 Å². The van der Waals surface area contributed by atoms with Crippen LogP contribution in [0.1, 0.15) is 0 Å². The molecule has 0 fully saturated rings. The predicted octanol–water partition coefficient (Wildman–Crippen LogP) is 1.64. The molecule has 1 aromatic heterocycles. The second-order valence-electron chi connectivity index (χ2n) is 4.61. The summed E-state index contributed by atoms with van der Waals surface area (Å²) in [5.41, 5.74) is 0.297. The van der Waals surface area contributed by atoms with E-state index in [1.807, 2.05) is 0 Å². The second-order valence-corrected chi connectivity index (χ2v) is 4.61. The predicted molar refractivity (Wildman–Crippen MR) is 69.6 cm³/mol. The van der Waals surface area contributed by atoms with Gasteiger partial charge < -0.3 is 19.9 Å². The summed E-state index contributed by atoms with van der Waals surface area (Å²) in [5, 5.41) is 11.9. The average molecular weight is 309 g/mol. The van der Waals surface area contributed by atoms with Crippen molar-refractivity contribution in [3.63, 3.8) is 0 Å². The van der Waals surface area contributed by atoms with E-state index >= 15 is 0 Å². The van der Waals surface area contributed by atoms with Gasteiger partial charge in [-0.15, -0.1) is 8.78 Å². The van der Waals surface area contributed by atoms with E-state index < -0.39 is 6.29 Å². The lowest BCUT2D eigenvalue weighted by Gasteiger charge is -2.04. The third-order valence-electron chi connectivity index (χ3n) is 2.85. The number of aromatic nitrogens is 1. The Morgan fingerprint density at radius 1 is 1.27 bits per heavy atom. The molecule has 1 aliphatic heterocycles. The molecule has 1 aliphatic rings. The first-order valence-electron chi connectivity index (χ1n) is 6.29. The number of rotatable bonds is 3. The normalized spacial score (nSPS) is 14.6. The summed E-state index contributed by atoms with van der Waals surface area (Å²) < 4.78 is 35.8. The minimum Gasteiger partial charge on any atom is -0.503 e. The molecule has 0 atom stereocenters. The van der Waals surface area contributed by atoms with Crippen LogP contribution in [0, 0.1) is 0 Å². The van der Waals surface area contributed by atoms with Crippen LogP contribution in [0.2, 0.25) is 0 Å². The number of fused-ring (bicyclic) bond motifs is 1. The van der Waals surface area contributed by atoms with Crippen LogP contribution in [0.5, 0.6) is 17.2 Å². The maximum Gasteiger partial charge on any atom is 0.586 e. The highest BCUT2D eigenvalue weighted by atomic mass is 19.3. The number of anilines is 1. The van der Waals surface area contributed by atoms with Crippen LogP contribution >= 0.6 is 0 Å². The van der Waals surface area contributed by atoms with E-state index in [0.717, 1.165) is 0 Å². The molecule has 0 spiro atoms. The number of alkyl halides is 2. The van der Waals surface area contributed by atoms with Crippen LogP contribution < -0.4 is 19.4 Å². The van der Waals surface area contributed by atoms with Gasteiger partial charge in [0.1, 0.15) is 0 Å². The summed E-state index contributed by atoms with van der Waals surface area (Å²) in [5.74, 6) is -0.597. The first kappa shape index (κ1) is 14.1. The minimum atomic E-state index is -3.69. The molecular weight excluding hydrogens is 298 g/mol. The van der Waals surface area contributed by atoms with Gasteiger partial charge in [0.2, 0.25) is 12.7 Å². The fourth-order valence-electron chi connectivity index (χ4n) is 2.00. The topological polar surface area (TPSA) is 71.7 Å². The van der Waals surface area contributed by atoms with Crippen molar-refractivity contribution in [2.75, 3.05) is 5.32 Å². The quantitative estimate of drug-likeness (QED) is 0.846. The molecule has 2 N–H and O–H groups in total. The highest BCUT2D eigenvalue weighted by molar-refractivity contribution is 5.90. The molecule has 0 bridgehead atoms. The molecule has 0 aliphatic carbocycles. The van der Waals surface area contributed by atoms with Gasteiger partial charge in [0.15, 0.2) is 23.4 Å². The molecule has 0 saturated heterocycles. The Morgan fingerprint density at radius 3 is 2.82 bits per heavy atom. The van der Waals surface area contributed by atoms with Crippen molar-refractivity contribution in [1.29, 1.82) is 0 Å². The zero-order valence-electron chi connectivity index (χ0n) is 11.1. The third kappa shape index (κ3) is 3.05. The Bertz CT molecular complexity index is 737. The lowest BCUT2D eigenvalue weighted by Crippen LogP contribution is -2.39. The first-order valence-corrected chi connectivity index (χ1v) is 6.29. The smallest absolute Gasteiger partial charge is 0.503 e. The Kier molecular flexibility index (Phi) is 3.28. The summed E-state index contributed by atoms with van der Waals surface area (Å²) in [4.78, 5) is 11.9. The molecule has 0 radical (unpaired) electrons. The molecule has 1 amide bonds. The number of hydrogen-bond donors (Lipinski definition) is 2. The summed E-state index contributed by atoms with van der Waals surface area (Å²) in [6.07, 6.45) is -0.693. The molecule has 2 heterocycles. The lowest BCUT2D eigenvalue weighted by molar-refractivity contribution is -0.684. The van der Waals surface area contributed by atoms with E-state index in [-0.39, 0.29) is 29.7 Å². The van der Waals surface area contributed by atoms with Crippen molar-refractivity contribution < 1.29 is 32.7 Å². The van der Waals surface area contributed by atoms with Crippen molar-refractivity contribution in [2.45, 2.75) is 12.8 Å². The molecule has 2 aromatic rings. The zero-order valence-corrected chi connectivity index (χ0v) is 11.1. The molecule has 3 rings (SSSR count). The fraction of sp³-hybridized carbons (Fsp3) is 0.143. The van der Waals surface area contributed by atoms with Crippen LogP contribution in [0.25, 0.3) is 0 Å². The maximum absolute atomic E-state index is 12.9. The van der Waals surface area contributed by atoms with Gasteiger partial charge in [-0.2, -0.15) is 4.57 Å². The molecular formula is C14H11F2N2O4+.